The van der Waals surface area contributed by atoms with Crippen LogP contribution in [0.4, 0.5) is 5.69 Å². The van der Waals surface area contributed by atoms with E-state index in [9.17, 15) is 4.79 Å². The Bertz CT molecular complexity index is 909. The average Bonchev–Trinajstić information content (AvgIpc) is 3.05. The smallest absolute Gasteiger partial charge is 0.172 e. The molecule has 154 valence electrons. The number of aliphatic imine (C=N–C) groups is 1. The highest BCUT2D eigenvalue weighted by molar-refractivity contribution is 6.15. The van der Waals surface area contributed by atoms with Gasteiger partial charge in [0.2, 0.25) is 0 Å². The van der Waals surface area contributed by atoms with Crippen LogP contribution < -0.4 is 4.74 Å². The molecular formula is C26H33NO2. The molecule has 0 amide bonds. The van der Waals surface area contributed by atoms with Crippen molar-refractivity contribution in [1.82, 2.24) is 0 Å². The molecule has 2 aromatic carbocycles. The van der Waals surface area contributed by atoms with Gasteiger partial charge in [0.15, 0.2) is 5.78 Å². The quantitative estimate of drug-likeness (QED) is 0.496. The van der Waals surface area contributed by atoms with E-state index >= 15 is 0 Å². The number of Topliss-reactive ketones (excluding diaryl/α,β-unsaturated/α-hetero) is 1. The Hall–Kier alpha value is -2.68. The fourth-order valence-electron chi connectivity index (χ4n) is 3.53. The molecule has 0 aromatic heterocycles. The number of hydrogen-bond donors (Lipinski definition) is 0. The van der Waals surface area contributed by atoms with E-state index in [1.165, 1.54) is 5.56 Å². The van der Waals surface area contributed by atoms with E-state index in [-0.39, 0.29) is 11.7 Å². The average molecular weight is 392 g/mol. The van der Waals surface area contributed by atoms with Crippen LogP contribution in [0.15, 0.2) is 48.0 Å². The predicted molar refractivity (Wildman–Crippen MR) is 124 cm³/mol. The summed E-state index contributed by atoms with van der Waals surface area (Å²) in [5.41, 5.74) is 5.78. The van der Waals surface area contributed by atoms with Gasteiger partial charge in [0.05, 0.1) is 18.2 Å². The highest BCUT2D eigenvalue weighted by Crippen LogP contribution is 2.33. The van der Waals surface area contributed by atoms with Gasteiger partial charge in [-0.05, 0) is 67.1 Å². The van der Waals surface area contributed by atoms with Gasteiger partial charge >= 0.3 is 0 Å². The Morgan fingerprint density at radius 1 is 1.24 bits per heavy atom. The van der Waals surface area contributed by atoms with Gasteiger partial charge in [-0.15, -0.1) is 0 Å². The zero-order valence-electron chi connectivity index (χ0n) is 18.6. The summed E-state index contributed by atoms with van der Waals surface area (Å²) in [6.45, 7) is 16.7. The number of hydrogen-bond acceptors (Lipinski definition) is 3. The highest BCUT2D eigenvalue weighted by Gasteiger charge is 2.32. The second kappa shape index (κ2) is 10.2. The first kappa shape index (κ1) is 22.6. The lowest BCUT2D eigenvalue weighted by molar-refractivity contribution is 0.0968. The van der Waals surface area contributed by atoms with E-state index < -0.39 is 0 Å². The van der Waals surface area contributed by atoms with Crippen molar-refractivity contribution in [1.29, 1.82) is 0 Å². The summed E-state index contributed by atoms with van der Waals surface area (Å²) in [6, 6.07) is 12.0. The first-order valence-electron chi connectivity index (χ1n) is 10.6. The van der Waals surface area contributed by atoms with Crippen LogP contribution in [0.25, 0.3) is 6.08 Å². The molecule has 29 heavy (non-hydrogen) atoms. The van der Waals surface area contributed by atoms with Crippen molar-refractivity contribution >= 4 is 23.3 Å². The second-order valence-electron chi connectivity index (χ2n) is 7.30. The van der Waals surface area contributed by atoms with Crippen LogP contribution in [-0.2, 0) is 6.42 Å². The zero-order chi connectivity index (χ0) is 21.6. The van der Waals surface area contributed by atoms with E-state index in [1.54, 1.807) is 0 Å². The molecule has 1 unspecified atom stereocenters. The molecule has 0 radical (unpaired) electrons. The number of carbonyl (C=O) groups excluding carboxylic acids is 1. The van der Waals surface area contributed by atoms with Crippen molar-refractivity contribution in [2.45, 2.75) is 53.9 Å². The number of rotatable bonds is 6. The monoisotopic (exact) mass is 391 g/mol. The minimum absolute atomic E-state index is 0.148. The molecule has 1 aliphatic carbocycles. The topological polar surface area (TPSA) is 38.7 Å². The van der Waals surface area contributed by atoms with Gasteiger partial charge in [0.25, 0.3) is 0 Å². The van der Waals surface area contributed by atoms with E-state index in [2.05, 4.69) is 32.6 Å². The molecule has 1 atom stereocenters. The molecule has 3 rings (SSSR count). The van der Waals surface area contributed by atoms with Crippen molar-refractivity contribution in [2.24, 2.45) is 10.9 Å². The van der Waals surface area contributed by atoms with Crippen LogP contribution in [0, 0.1) is 5.92 Å². The van der Waals surface area contributed by atoms with Gasteiger partial charge in [-0.1, -0.05) is 52.5 Å². The Balaban J connectivity index is 0.00000145. The summed E-state index contributed by atoms with van der Waals surface area (Å²) < 4.78 is 5.57. The van der Waals surface area contributed by atoms with Gasteiger partial charge in [0.1, 0.15) is 5.75 Å². The summed E-state index contributed by atoms with van der Waals surface area (Å²) in [5, 5.41) is 0. The van der Waals surface area contributed by atoms with Gasteiger partial charge < -0.3 is 4.74 Å². The van der Waals surface area contributed by atoms with Crippen LogP contribution >= 0.6 is 0 Å². The number of nitrogens with zero attached hydrogens (tertiary/aromatic N) is 1. The van der Waals surface area contributed by atoms with Gasteiger partial charge in [-0.25, -0.2) is 0 Å². The summed E-state index contributed by atoms with van der Waals surface area (Å²) in [6.07, 6.45) is 2.49. The largest absolute Gasteiger partial charge is 0.494 e. The predicted octanol–water partition coefficient (Wildman–Crippen LogP) is 7.03. The van der Waals surface area contributed by atoms with Crippen molar-refractivity contribution in [3.63, 3.8) is 0 Å². The maximum absolute atomic E-state index is 12.9. The van der Waals surface area contributed by atoms with Crippen LogP contribution in [0.1, 0.15) is 74.5 Å². The lowest BCUT2D eigenvalue weighted by Crippen LogP contribution is -2.17. The molecule has 1 aliphatic rings. The van der Waals surface area contributed by atoms with Crippen molar-refractivity contribution in [2.75, 3.05) is 6.61 Å². The van der Waals surface area contributed by atoms with Crippen LogP contribution in [0.3, 0.4) is 0 Å². The fraction of sp³-hybridized carbons (Fsp3) is 0.385. The number of ether oxygens (including phenoxy) is 1. The van der Waals surface area contributed by atoms with Gasteiger partial charge in [-0.3, -0.25) is 9.79 Å². The minimum atomic E-state index is -0.211. The fourth-order valence-corrected chi connectivity index (χ4v) is 3.53. The normalized spacial score (nSPS) is 15.6. The summed E-state index contributed by atoms with van der Waals surface area (Å²) in [4.78, 5) is 17.7. The SMILES string of the molecule is C=Cc1ccc(C(C)C)cc1N=C(C)C1Cc2cc(OCC)ccc2C1=O.CC. The van der Waals surface area contributed by atoms with Crippen LogP contribution in [0.2, 0.25) is 0 Å². The molecule has 3 nitrogen and oxygen atoms in total. The summed E-state index contributed by atoms with van der Waals surface area (Å²) >= 11 is 0. The third-order valence-electron chi connectivity index (χ3n) is 5.14. The second-order valence-corrected chi connectivity index (χ2v) is 7.30. The maximum Gasteiger partial charge on any atom is 0.172 e. The van der Waals surface area contributed by atoms with Gasteiger partial charge in [-0.2, -0.15) is 0 Å². The Labute approximate surface area is 175 Å². The molecule has 0 bridgehead atoms. The minimum Gasteiger partial charge on any atom is -0.494 e. The number of benzene rings is 2. The molecule has 2 aromatic rings. The van der Waals surface area contributed by atoms with Crippen molar-refractivity contribution in [3.8, 4) is 5.75 Å². The lowest BCUT2D eigenvalue weighted by Gasteiger charge is -2.12. The number of ketones is 1. The Morgan fingerprint density at radius 3 is 2.59 bits per heavy atom. The zero-order valence-corrected chi connectivity index (χ0v) is 18.6. The number of fused-ring (bicyclic) bond motifs is 1. The molecule has 0 saturated carbocycles. The molecule has 0 N–H and O–H groups in total. The van der Waals surface area contributed by atoms with E-state index in [1.807, 2.05) is 58.0 Å². The molecule has 3 heteroatoms. The van der Waals surface area contributed by atoms with Crippen LogP contribution in [0.5, 0.6) is 5.75 Å². The van der Waals surface area contributed by atoms with E-state index in [0.717, 1.165) is 33.8 Å². The van der Waals surface area contributed by atoms with Gasteiger partial charge in [0, 0.05) is 11.3 Å². The van der Waals surface area contributed by atoms with E-state index in [4.69, 9.17) is 9.73 Å². The first-order valence-corrected chi connectivity index (χ1v) is 10.6. The van der Waals surface area contributed by atoms with Crippen molar-refractivity contribution < 1.29 is 9.53 Å². The first-order chi connectivity index (χ1) is 13.9. The number of carbonyl (C=O) groups is 1. The van der Waals surface area contributed by atoms with Crippen LogP contribution in [-0.4, -0.2) is 18.1 Å². The lowest BCUT2D eigenvalue weighted by atomic mass is 9.98. The maximum atomic E-state index is 12.9. The molecule has 0 heterocycles. The highest BCUT2D eigenvalue weighted by atomic mass is 16.5. The third kappa shape index (κ3) is 5.03. The van der Waals surface area contributed by atoms with E-state index in [0.29, 0.717) is 18.9 Å². The molecular weight excluding hydrogens is 358 g/mol. The Kier molecular flexibility index (Phi) is 7.95. The summed E-state index contributed by atoms with van der Waals surface area (Å²) in [7, 11) is 0. The standard InChI is InChI=1S/C24H27NO2.C2H6/c1-6-17-8-9-18(15(3)4)14-23(17)25-16(5)22-13-19-12-20(27-7-2)10-11-21(19)24(22)26;1-2/h6,8-12,14-15,22H,1,7,13H2,2-5H3;1-2H3. The Morgan fingerprint density at radius 2 is 1.97 bits per heavy atom. The molecule has 0 spiro atoms. The molecule has 0 saturated heterocycles. The van der Waals surface area contributed by atoms with Crippen molar-refractivity contribution in [3.05, 3.63) is 65.2 Å². The molecule has 0 fully saturated rings. The summed E-state index contributed by atoms with van der Waals surface area (Å²) in [5.74, 6) is 1.18. The third-order valence-corrected chi connectivity index (χ3v) is 5.14. The molecule has 0 aliphatic heterocycles.